The van der Waals surface area contributed by atoms with E-state index in [2.05, 4.69) is 25.3 Å². The summed E-state index contributed by atoms with van der Waals surface area (Å²) in [7, 11) is 0. The SMILES string of the molecule is CCCNc1ncc(F)c(Sc2nc3ccccc3[nH]2)n1. The number of anilines is 1. The molecule has 0 saturated carbocycles. The molecule has 108 valence electrons. The first-order valence-corrected chi connectivity index (χ1v) is 7.47. The highest BCUT2D eigenvalue weighted by Crippen LogP contribution is 2.28. The summed E-state index contributed by atoms with van der Waals surface area (Å²) < 4.78 is 13.8. The van der Waals surface area contributed by atoms with Crippen LogP contribution in [0.4, 0.5) is 10.3 Å². The van der Waals surface area contributed by atoms with Crippen LogP contribution in [-0.2, 0) is 0 Å². The summed E-state index contributed by atoms with van der Waals surface area (Å²) >= 11 is 1.15. The molecular formula is C14H14FN5S. The fourth-order valence-corrected chi connectivity index (χ4v) is 2.58. The number of aromatic nitrogens is 4. The van der Waals surface area contributed by atoms with Gasteiger partial charge in [0.05, 0.1) is 17.2 Å². The minimum atomic E-state index is -0.456. The van der Waals surface area contributed by atoms with E-state index in [1.165, 1.54) is 6.20 Å². The molecule has 0 aliphatic rings. The Bertz CT molecular complexity index is 725. The van der Waals surface area contributed by atoms with Crippen molar-refractivity contribution in [1.29, 1.82) is 0 Å². The monoisotopic (exact) mass is 303 g/mol. The van der Waals surface area contributed by atoms with Crippen molar-refractivity contribution >= 4 is 28.7 Å². The lowest BCUT2D eigenvalue weighted by molar-refractivity contribution is 0.579. The van der Waals surface area contributed by atoms with Gasteiger partial charge in [0.2, 0.25) is 5.95 Å². The van der Waals surface area contributed by atoms with Crippen molar-refractivity contribution in [1.82, 2.24) is 19.9 Å². The Morgan fingerprint density at radius 3 is 2.95 bits per heavy atom. The van der Waals surface area contributed by atoms with Crippen LogP contribution < -0.4 is 5.32 Å². The van der Waals surface area contributed by atoms with Crippen molar-refractivity contribution in [3.8, 4) is 0 Å². The van der Waals surface area contributed by atoms with Crippen molar-refractivity contribution < 1.29 is 4.39 Å². The lowest BCUT2D eigenvalue weighted by Crippen LogP contribution is -2.05. The van der Waals surface area contributed by atoms with Gasteiger partial charge in [-0.15, -0.1) is 0 Å². The number of benzene rings is 1. The first-order valence-electron chi connectivity index (χ1n) is 6.65. The van der Waals surface area contributed by atoms with Crippen LogP contribution in [0.15, 0.2) is 40.6 Å². The molecule has 0 aliphatic heterocycles. The number of rotatable bonds is 5. The van der Waals surface area contributed by atoms with Crippen LogP contribution in [0.2, 0.25) is 0 Å². The van der Waals surface area contributed by atoms with E-state index in [0.717, 1.165) is 35.8 Å². The number of hydrogen-bond acceptors (Lipinski definition) is 5. The van der Waals surface area contributed by atoms with Gasteiger partial charge in [0.15, 0.2) is 11.0 Å². The Kier molecular flexibility index (Phi) is 4.01. The molecule has 7 heteroatoms. The van der Waals surface area contributed by atoms with Gasteiger partial charge in [0, 0.05) is 6.54 Å². The molecule has 2 heterocycles. The molecule has 0 unspecified atom stereocenters. The van der Waals surface area contributed by atoms with Crippen molar-refractivity contribution in [3.63, 3.8) is 0 Å². The fraction of sp³-hybridized carbons (Fsp3) is 0.214. The lowest BCUT2D eigenvalue weighted by Gasteiger charge is -2.04. The predicted molar refractivity (Wildman–Crippen MR) is 81.0 cm³/mol. The van der Waals surface area contributed by atoms with E-state index in [0.29, 0.717) is 11.1 Å². The second kappa shape index (κ2) is 6.09. The first kappa shape index (κ1) is 13.8. The zero-order valence-electron chi connectivity index (χ0n) is 11.4. The molecule has 1 aromatic carbocycles. The molecule has 0 spiro atoms. The Morgan fingerprint density at radius 2 is 2.14 bits per heavy atom. The van der Waals surface area contributed by atoms with Gasteiger partial charge in [0.25, 0.3) is 0 Å². The molecule has 2 N–H and O–H groups in total. The maximum absolute atomic E-state index is 13.8. The molecule has 3 aromatic rings. The lowest BCUT2D eigenvalue weighted by atomic mass is 10.3. The number of hydrogen-bond donors (Lipinski definition) is 2. The Morgan fingerprint density at radius 1 is 1.29 bits per heavy atom. The molecule has 21 heavy (non-hydrogen) atoms. The van der Waals surface area contributed by atoms with Crippen LogP contribution >= 0.6 is 11.8 Å². The minimum Gasteiger partial charge on any atom is -0.354 e. The molecule has 0 bridgehead atoms. The van der Waals surface area contributed by atoms with Gasteiger partial charge < -0.3 is 10.3 Å². The number of imidazole rings is 1. The zero-order chi connectivity index (χ0) is 14.7. The van der Waals surface area contributed by atoms with Crippen LogP contribution in [0.1, 0.15) is 13.3 Å². The summed E-state index contributed by atoms with van der Waals surface area (Å²) in [5.74, 6) is -0.0284. The van der Waals surface area contributed by atoms with Gasteiger partial charge in [-0.25, -0.2) is 19.3 Å². The average molecular weight is 303 g/mol. The summed E-state index contributed by atoms with van der Waals surface area (Å²) in [5.41, 5.74) is 1.76. The standard InChI is InChI=1S/C14H14FN5S/c1-2-7-16-13-17-8-9(15)12(20-13)21-14-18-10-5-3-4-6-11(10)19-14/h3-6,8H,2,7H2,1H3,(H,18,19)(H,16,17,20). The normalized spacial score (nSPS) is 11.0. The number of nitrogens with one attached hydrogen (secondary N) is 2. The van der Waals surface area contributed by atoms with Gasteiger partial charge in [-0.05, 0) is 30.3 Å². The third kappa shape index (κ3) is 3.13. The molecule has 2 aromatic heterocycles. The predicted octanol–water partition coefficient (Wildman–Crippen LogP) is 3.47. The minimum absolute atomic E-state index is 0.252. The van der Waals surface area contributed by atoms with E-state index in [9.17, 15) is 4.39 Å². The number of H-pyrrole nitrogens is 1. The smallest absolute Gasteiger partial charge is 0.223 e. The number of nitrogens with zero attached hydrogens (tertiary/aromatic N) is 3. The molecule has 5 nitrogen and oxygen atoms in total. The summed E-state index contributed by atoms with van der Waals surface area (Å²) in [6.07, 6.45) is 2.13. The topological polar surface area (TPSA) is 66.5 Å². The van der Waals surface area contributed by atoms with Crippen molar-refractivity contribution in [2.45, 2.75) is 23.5 Å². The third-order valence-electron chi connectivity index (χ3n) is 2.81. The largest absolute Gasteiger partial charge is 0.354 e. The summed E-state index contributed by atoms with van der Waals surface area (Å²) in [6.45, 7) is 2.79. The quantitative estimate of drug-likeness (QED) is 0.707. The molecule has 0 saturated heterocycles. The maximum atomic E-state index is 13.8. The van der Waals surface area contributed by atoms with E-state index < -0.39 is 5.82 Å². The number of halogens is 1. The molecule has 0 fully saturated rings. The third-order valence-corrected chi connectivity index (χ3v) is 3.67. The number of fused-ring (bicyclic) bond motifs is 1. The Hall–Kier alpha value is -2.15. The van der Waals surface area contributed by atoms with E-state index in [-0.39, 0.29) is 5.03 Å². The fourth-order valence-electron chi connectivity index (χ4n) is 1.81. The van der Waals surface area contributed by atoms with Gasteiger partial charge >= 0.3 is 0 Å². The number of aromatic amines is 1. The van der Waals surface area contributed by atoms with Crippen molar-refractivity contribution in [3.05, 3.63) is 36.3 Å². The van der Waals surface area contributed by atoms with Gasteiger partial charge in [-0.3, -0.25) is 0 Å². The summed E-state index contributed by atoms with van der Waals surface area (Å²) in [4.78, 5) is 15.6. The molecule has 0 atom stereocenters. The van der Waals surface area contributed by atoms with E-state index in [1.54, 1.807) is 0 Å². The highest BCUT2D eigenvalue weighted by Gasteiger charge is 2.11. The molecular weight excluding hydrogens is 289 g/mol. The van der Waals surface area contributed by atoms with Crippen molar-refractivity contribution in [2.75, 3.05) is 11.9 Å². The second-order valence-electron chi connectivity index (χ2n) is 4.43. The van der Waals surface area contributed by atoms with Crippen LogP contribution in [0.3, 0.4) is 0 Å². The van der Waals surface area contributed by atoms with Gasteiger partial charge in [-0.1, -0.05) is 19.1 Å². The number of para-hydroxylation sites is 2. The van der Waals surface area contributed by atoms with Gasteiger partial charge in [-0.2, -0.15) is 0 Å². The Labute approximate surface area is 125 Å². The van der Waals surface area contributed by atoms with Crippen LogP contribution in [0.5, 0.6) is 0 Å². The van der Waals surface area contributed by atoms with Crippen LogP contribution in [0, 0.1) is 5.82 Å². The molecule has 3 rings (SSSR count). The highest BCUT2D eigenvalue weighted by molar-refractivity contribution is 7.99. The van der Waals surface area contributed by atoms with Crippen LogP contribution in [0.25, 0.3) is 11.0 Å². The average Bonchev–Trinajstić information content (AvgIpc) is 2.90. The molecule has 0 aliphatic carbocycles. The first-order chi connectivity index (χ1) is 10.3. The van der Waals surface area contributed by atoms with Crippen molar-refractivity contribution in [2.24, 2.45) is 0 Å². The van der Waals surface area contributed by atoms with E-state index in [4.69, 9.17) is 0 Å². The second-order valence-corrected chi connectivity index (χ2v) is 5.41. The Balaban J connectivity index is 1.86. The van der Waals surface area contributed by atoms with Crippen LogP contribution in [-0.4, -0.2) is 26.5 Å². The van der Waals surface area contributed by atoms with Gasteiger partial charge in [0.1, 0.15) is 5.03 Å². The molecule has 0 radical (unpaired) electrons. The highest BCUT2D eigenvalue weighted by atomic mass is 32.2. The van der Waals surface area contributed by atoms with E-state index >= 15 is 0 Å². The summed E-state index contributed by atoms with van der Waals surface area (Å²) in [6, 6.07) is 7.67. The zero-order valence-corrected chi connectivity index (χ0v) is 12.2. The maximum Gasteiger partial charge on any atom is 0.223 e. The summed E-state index contributed by atoms with van der Waals surface area (Å²) in [5, 5.41) is 3.90. The molecule has 0 amide bonds. The van der Waals surface area contributed by atoms with E-state index in [1.807, 2.05) is 31.2 Å².